The summed E-state index contributed by atoms with van der Waals surface area (Å²) in [6.07, 6.45) is 1.71. The molecule has 1 atom stereocenters. The minimum absolute atomic E-state index is 0.0325. The SMILES string of the molecule is COc1ccc2c(Oc3ccc([SH]4NCC(=O)N4)cc3)ccnc2c1. The lowest BCUT2D eigenvalue weighted by Gasteiger charge is -2.16. The average molecular weight is 355 g/mol. The quantitative estimate of drug-likeness (QED) is 0.628. The Hall–Kier alpha value is -2.77. The second-order valence-electron chi connectivity index (χ2n) is 5.49. The van der Waals surface area contributed by atoms with E-state index >= 15 is 0 Å². The van der Waals surface area contributed by atoms with E-state index in [2.05, 4.69) is 14.4 Å². The topological polar surface area (TPSA) is 72.5 Å². The van der Waals surface area contributed by atoms with Crippen LogP contribution in [0.5, 0.6) is 17.2 Å². The van der Waals surface area contributed by atoms with Gasteiger partial charge < -0.3 is 14.2 Å². The van der Waals surface area contributed by atoms with E-state index < -0.39 is 11.3 Å². The first-order chi connectivity index (χ1) is 12.2. The van der Waals surface area contributed by atoms with E-state index in [1.807, 2.05) is 48.5 Å². The van der Waals surface area contributed by atoms with Crippen molar-refractivity contribution in [2.75, 3.05) is 13.7 Å². The van der Waals surface area contributed by atoms with E-state index in [1.165, 1.54) is 0 Å². The van der Waals surface area contributed by atoms with Gasteiger partial charge in [-0.2, -0.15) is 0 Å². The van der Waals surface area contributed by atoms with E-state index in [4.69, 9.17) is 9.47 Å². The molecule has 1 aliphatic rings. The summed E-state index contributed by atoms with van der Waals surface area (Å²) in [6.45, 7) is 0.371. The molecule has 25 heavy (non-hydrogen) atoms. The van der Waals surface area contributed by atoms with Crippen molar-refractivity contribution in [3.8, 4) is 17.2 Å². The van der Waals surface area contributed by atoms with Crippen molar-refractivity contribution < 1.29 is 14.3 Å². The molecule has 2 aromatic carbocycles. The van der Waals surface area contributed by atoms with Gasteiger partial charge in [0.15, 0.2) is 0 Å². The van der Waals surface area contributed by atoms with Gasteiger partial charge in [0.2, 0.25) is 5.91 Å². The Morgan fingerprint density at radius 2 is 1.88 bits per heavy atom. The van der Waals surface area contributed by atoms with Crippen LogP contribution < -0.4 is 18.9 Å². The number of carbonyl (C=O) groups excluding carboxylic acids is 1. The van der Waals surface area contributed by atoms with E-state index in [1.54, 1.807) is 13.3 Å². The second kappa shape index (κ2) is 6.62. The van der Waals surface area contributed by atoms with Crippen molar-refractivity contribution in [3.05, 3.63) is 54.7 Å². The van der Waals surface area contributed by atoms with Crippen LogP contribution in [0, 0.1) is 0 Å². The number of carbonyl (C=O) groups is 1. The molecule has 0 saturated carbocycles. The van der Waals surface area contributed by atoms with Crippen LogP contribution in [0.15, 0.2) is 59.6 Å². The van der Waals surface area contributed by atoms with Gasteiger partial charge in [-0.05, 0) is 42.5 Å². The van der Waals surface area contributed by atoms with E-state index in [9.17, 15) is 4.79 Å². The van der Waals surface area contributed by atoms with Gasteiger partial charge in [-0.1, -0.05) is 11.3 Å². The summed E-state index contributed by atoms with van der Waals surface area (Å²) in [5.41, 5.74) is 0.815. The van der Waals surface area contributed by atoms with E-state index in [0.717, 1.165) is 33.0 Å². The van der Waals surface area contributed by atoms with Crippen LogP contribution in [0.3, 0.4) is 0 Å². The lowest BCUT2D eigenvalue weighted by atomic mass is 10.2. The molecule has 0 spiro atoms. The molecule has 1 saturated heterocycles. The van der Waals surface area contributed by atoms with E-state index in [-0.39, 0.29) is 5.91 Å². The predicted octanol–water partition coefficient (Wildman–Crippen LogP) is 2.95. The van der Waals surface area contributed by atoms with Crippen LogP contribution >= 0.6 is 11.3 Å². The Morgan fingerprint density at radius 1 is 1.08 bits per heavy atom. The van der Waals surface area contributed by atoms with E-state index in [0.29, 0.717) is 6.54 Å². The lowest BCUT2D eigenvalue weighted by Crippen LogP contribution is -2.12. The standard InChI is InChI=1S/C18H17N3O3S/c1-23-13-4-7-15-16(10-13)19-9-8-17(15)24-12-2-5-14(6-3-12)25-20-11-18(22)21-25/h2-10,20,25H,11H2,1H3,(H,21,22). The number of hydrogen-bond acceptors (Lipinski definition) is 5. The smallest absolute Gasteiger partial charge is 0.244 e. The average Bonchev–Trinajstić information content (AvgIpc) is 3.08. The second-order valence-corrected chi connectivity index (χ2v) is 7.22. The maximum absolute atomic E-state index is 11.3. The van der Waals surface area contributed by atoms with Gasteiger partial charge >= 0.3 is 0 Å². The van der Waals surface area contributed by atoms with Gasteiger partial charge in [-0.3, -0.25) is 14.5 Å². The van der Waals surface area contributed by atoms with Crippen LogP contribution in [0.4, 0.5) is 0 Å². The van der Waals surface area contributed by atoms with Gasteiger partial charge in [0.25, 0.3) is 0 Å². The summed E-state index contributed by atoms with van der Waals surface area (Å²) in [5, 5.41) is 0.918. The van der Waals surface area contributed by atoms with Crippen LogP contribution in [-0.2, 0) is 4.79 Å². The highest BCUT2D eigenvalue weighted by molar-refractivity contribution is 8.14. The fraction of sp³-hybridized carbons (Fsp3) is 0.111. The molecule has 1 fully saturated rings. The van der Waals surface area contributed by atoms with Gasteiger partial charge in [0, 0.05) is 22.5 Å². The highest BCUT2D eigenvalue weighted by Gasteiger charge is 2.17. The fourth-order valence-corrected chi connectivity index (χ4v) is 4.09. The zero-order valence-electron chi connectivity index (χ0n) is 13.5. The summed E-state index contributed by atoms with van der Waals surface area (Å²) in [6, 6.07) is 15.3. The highest BCUT2D eigenvalue weighted by Crippen LogP contribution is 2.34. The number of benzene rings is 2. The molecule has 2 N–H and O–H groups in total. The van der Waals surface area contributed by atoms with Gasteiger partial charge in [-0.15, -0.1) is 0 Å². The predicted molar refractivity (Wildman–Crippen MR) is 98.2 cm³/mol. The monoisotopic (exact) mass is 355 g/mol. The Bertz CT molecular complexity index is 931. The van der Waals surface area contributed by atoms with Crippen LogP contribution in [0.1, 0.15) is 0 Å². The van der Waals surface area contributed by atoms with Crippen LogP contribution in [0.25, 0.3) is 10.9 Å². The molecule has 6 nitrogen and oxygen atoms in total. The number of fused-ring (bicyclic) bond motifs is 1. The number of rotatable bonds is 4. The van der Waals surface area contributed by atoms with Gasteiger partial charge in [0.1, 0.15) is 17.2 Å². The van der Waals surface area contributed by atoms with Crippen molar-refractivity contribution in [1.82, 2.24) is 14.4 Å². The lowest BCUT2D eigenvalue weighted by molar-refractivity contribution is -0.117. The zero-order chi connectivity index (χ0) is 17.2. The van der Waals surface area contributed by atoms with Crippen LogP contribution in [0.2, 0.25) is 0 Å². The number of ether oxygens (including phenoxy) is 2. The summed E-state index contributed by atoms with van der Waals surface area (Å²) in [7, 11) is 1.63. The summed E-state index contributed by atoms with van der Waals surface area (Å²) < 4.78 is 17.4. The van der Waals surface area contributed by atoms with Gasteiger partial charge in [0.05, 0.1) is 19.2 Å². The number of aromatic nitrogens is 1. The Kier molecular flexibility index (Phi) is 4.17. The molecule has 4 rings (SSSR count). The molecule has 3 aromatic rings. The highest BCUT2D eigenvalue weighted by atomic mass is 32.2. The molecule has 1 unspecified atom stereocenters. The maximum atomic E-state index is 11.3. The fourth-order valence-electron chi connectivity index (χ4n) is 2.62. The van der Waals surface area contributed by atoms with Crippen molar-refractivity contribution in [3.63, 3.8) is 0 Å². The Morgan fingerprint density at radius 3 is 2.60 bits per heavy atom. The molecule has 1 amide bonds. The normalized spacial score (nSPS) is 18.1. The van der Waals surface area contributed by atoms with Crippen LogP contribution in [-0.4, -0.2) is 24.5 Å². The molecule has 1 aromatic heterocycles. The molecular formula is C18H17N3O3S. The number of methoxy groups -OCH3 is 1. The summed E-state index contributed by atoms with van der Waals surface area (Å²) >= 11 is -0.814. The third-order valence-electron chi connectivity index (χ3n) is 3.87. The van der Waals surface area contributed by atoms with Gasteiger partial charge in [-0.25, -0.2) is 0 Å². The zero-order valence-corrected chi connectivity index (χ0v) is 14.4. The Balaban J connectivity index is 1.58. The molecule has 128 valence electrons. The maximum Gasteiger partial charge on any atom is 0.244 e. The van der Waals surface area contributed by atoms with Crippen molar-refractivity contribution in [1.29, 1.82) is 0 Å². The third kappa shape index (κ3) is 3.24. The first-order valence-corrected chi connectivity index (χ1v) is 9.11. The number of hydrogen-bond donors (Lipinski definition) is 3. The minimum Gasteiger partial charge on any atom is -0.497 e. The number of nitrogens with zero attached hydrogens (tertiary/aromatic N) is 1. The van der Waals surface area contributed by atoms with Crippen molar-refractivity contribution >= 4 is 28.1 Å². The molecule has 1 aliphatic heterocycles. The first kappa shape index (κ1) is 15.7. The number of thiol groups is 1. The molecule has 0 bridgehead atoms. The number of pyridine rings is 1. The molecule has 0 aliphatic carbocycles. The minimum atomic E-state index is -0.814. The summed E-state index contributed by atoms with van der Waals surface area (Å²) in [4.78, 5) is 16.7. The molecule has 0 radical (unpaired) electrons. The van der Waals surface area contributed by atoms with Crippen molar-refractivity contribution in [2.45, 2.75) is 4.90 Å². The molecule has 7 heteroatoms. The Labute approximate surface area is 147 Å². The summed E-state index contributed by atoms with van der Waals surface area (Å²) in [5.74, 6) is 2.26. The number of nitrogens with one attached hydrogen (secondary N) is 2. The van der Waals surface area contributed by atoms with Crippen molar-refractivity contribution in [2.24, 2.45) is 0 Å². The molecular weight excluding hydrogens is 338 g/mol. The largest absolute Gasteiger partial charge is 0.497 e. The first-order valence-electron chi connectivity index (χ1n) is 7.77. The number of amides is 1. The third-order valence-corrected chi connectivity index (χ3v) is 5.63. The molecule has 2 heterocycles.